The molecular formula is C14H26ClN3. The Bertz CT molecular complexity index is 347. The third kappa shape index (κ3) is 4.29. The molecule has 0 fully saturated rings. The highest BCUT2D eigenvalue weighted by Gasteiger charge is 2.19. The topological polar surface area (TPSA) is 29.9 Å². The van der Waals surface area contributed by atoms with E-state index >= 15 is 0 Å². The minimum absolute atomic E-state index is 0.322. The molecule has 1 atom stereocenters. The highest BCUT2D eigenvalue weighted by atomic mass is 35.5. The van der Waals surface area contributed by atoms with Gasteiger partial charge in [-0.25, -0.2) is 0 Å². The Morgan fingerprint density at radius 2 is 2.06 bits per heavy atom. The number of nitrogens with zero attached hydrogens (tertiary/aromatic N) is 2. The lowest BCUT2D eigenvalue weighted by atomic mass is 10.0. The number of nitrogens with one attached hydrogen (secondary N) is 1. The average molecular weight is 272 g/mol. The van der Waals surface area contributed by atoms with Gasteiger partial charge in [0, 0.05) is 6.54 Å². The third-order valence-corrected chi connectivity index (χ3v) is 3.43. The molecule has 1 unspecified atom stereocenters. The Kier molecular flexibility index (Phi) is 6.72. The van der Waals surface area contributed by atoms with E-state index in [1.54, 1.807) is 6.20 Å². The van der Waals surface area contributed by atoms with E-state index in [2.05, 4.69) is 38.1 Å². The van der Waals surface area contributed by atoms with Crippen LogP contribution in [-0.4, -0.2) is 16.3 Å². The molecule has 104 valence electrons. The van der Waals surface area contributed by atoms with E-state index in [0.29, 0.717) is 12.0 Å². The average Bonchev–Trinajstić information content (AvgIpc) is 2.71. The Balaban J connectivity index is 2.82. The van der Waals surface area contributed by atoms with Gasteiger partial charge in [-0.3, -0.25) is 4.68 Å². The molecule has 1 aromatic heterocycles. The Hall–Kier alpha value is -0.540. The molecule has 0 aliphatic heterocycles. The molecule has 0 aliphatic carbocycles. The van der Waals surface area contributed by atoms with Gasteiger partial charge in [0.15, 0.2) is 0 Å². The predicted molar refractivity (Wildman–Crippen MR) is 78.0 cm³/mol. The SMILES string of the molecule is CCCNC(CCC(C)C)c1c(Cl)cnn1CC. The molecule has 1 heterocycles. The minimum atomic E-state index is 0.322. The molecule has 1 aromatic rings. The zero-order valence-electron chi connectivity index (χ0n) is 12.0. The second kappa shape index (κ2) is 7.80. The number of hydrogen-bond donors (Lipinski definition) is 1. The molecule has 3 nitrogen and oxygen atoms in total. The van der Waals surface area contributed by atoms with Crippen LogP contribution in [0, 0.1) is 5.92 Å². The van der Waals surface area contributed by atoms with Crippen molar-refractivity contribution < 1.29 is 0 Å². The summed E-state index contributed by atoms with van der Waals surface area (Å²) in [4.78, 5) is 0. The van der Waals surface area contributed by atoms with Gasteiger partial charge in [-0.2, -0.15) is 5.10 Å². The van der Waals surface area contributed by atoms with Crippen LogP contribution in [0.4, 0.5) is 0 Å². The second-order valence-corrected chi connectivity index (χ2v) is 5.58. The van der Waals surface area contributed by atoms with Gasteiger partial charge in [0.05, 0.1) is 23.0 Å². The minimum Gasteiger partial charge on any atom is -0.309 e. The highest BCUT2D eigenvalue weighted by molar-refractivity contribution is 6.31. The van der Waals surface area contributed by atoms with E-state index in [-0.39, 0.29) is 0 Å². The lowest BCUT2D eigenvalue weighted by Crippen LogP contribution is -2.25. The van der Waals surface area contributed by atoms with Gasteiger partial charge in [-0.15, -0.1) is 0 Å². The zero-order chi connectivity index (χ0) is 13.5. The molecule has 4 heteroatoms. The van der Waals surface area contributed by atoms with E-state index in [1.165, 1.54) is 6.42 Å². The number of aromatic nitrogens is 2. The normalized spacial score (nSPS) is 13.2. The number of aryl methyl sites for hydroxylation is 1. The van der Waals surface area contributed by atoms with Gasteiger partial charge in [0.1, 0.15) is 0 Å². The summed E-state index contributed by atoms with van der Waals surface area (Å²) in [5.74, 6) is 0.715. The van der Waals surface area contributed by atoms with Crippen LogP contribution in [0.3, 0.4) is 0 Å². The van der Waals surface area contributed by atoms with Crippen LogP contribution in [-0.2, 0) is 6.54 Å². The summed E-state index contributed by atoms with van der Waals surface area (Å²) in [6.45, 7) is 10.7. The van der Waals surface area contributed by atoms with Crippen LogP contribution >= 0.6 is 11.6 Å². The van der Waals surface area contributed by atoms with Crippen molar-refractivity contribution in [2.45, 2.75) is 59.5 Å². The molecular weight excluding hydrogens is 246 g/mol. The molecule has 1 N–H and O–H groups in total. The summed E-state index contributed by atoms with van der Waals surface area (Å²) in [6.07, 6.45) is 5.21. The van der Waals surface area contributed by atoms with Crippen LogP contribution in [0.2, 0.25) is 5.02 Å². The van der Waals surface area contributed by atoms with Gasteiger partial charge in [0.25, 0.3) is 0 Å². The maximum absolute atomic E-state index is 6.29. The van der Waals surface area contributed by atoms with Gasteiger partial charge in [-0.05, 0) is 38.6 Å². The van der Waals surface area contributed by atoms with E-state index in [1.807, 2.05) is 4.68 Å². The maximum Gasteiger partial charge on any atom is 0.0834 e. The molecule has 0 radical (unpaired) electrons. The van der Waals surface area contributed by atoms with Crippen molar-refractivity contribution in [3.8, 4) is 0 Å². The number of rotatable bonds is 8. The summed E-state index contributed by atoms with van der Waals surface area (Å²) < 4.78 is 2.01. The fourth-order valence-corrected chi connectivity index (χ4v) is 2.40. The molecule has 0 saturated carbocycles. The summed E-state index contributed by atoms with van der Waals surface area (Å²) in [6, 6.07) is 0.322. The highest BCUT2D eigenvalue weighted by Crippen LogP contribution is 2.27. The monoisotopic (exact) mass is 271 g/mol. The van der Waals surface area contributed by atoms with E-state index < -0.39 is 0 Å². The first-order chi connectivity index (χ1) is 8.60. The zero-order valence-corrected chi connectivity index (χ0v) is 12.8. The van der Waals surface area contributed by atoms with Crippen molar-refractivity contribution in [1.82, 2.24) is 15.1 Å². The second-order valence-electron chi connectivity index (χ2n) is 5.17. The summed E-state index contributed by atoms with van der Waals surface area (Å²) in [5, 5.41) is 8.72. The van der Waals surface area contributed by atoms with E-state index in [0.717, 1.165) is 36.6 Å². The Labute approximate surface area is 116 Å². The molecule has 0 aromatic carbocycles. The van der Waals surface area contributed by atoms with Crippen molar-refractivity contribution in [3.63, 3.8) is 0 Å². The van der Waals surface area contributed by atoms with Gasteiger partial charge >= 0.3 is 0 Å². The maximum atomic E-state index is 6.29. The number of halogens is 1. The Morgan fingerprint density at radius 3 is 2.61 bits per heavy atom. The molecule has 1 rings (SSSR count). The van der Waals surface area contributed by atoms with Crippen LogP contribution in [0.5, 0.6) is 0 Å². The standard InChI is InChI=1S/C14H26ClN3/c1-5-9-16-13(8-7-11(3)4)14-12(15)10-17-18(14)6-2/h10-11,13,16H,5-9H2,1-4H3. The van der Waals surface area contributed by atoms with Crippen molar-refractivity contribution in [2.75, 3.05) is 6.54 Å². The summed E-state index contributed by atoms with van der Waals surface area (Å²) in [5.41, 5.74) is 1.15. The first kappa shape index (κ1) is 15.5. The third-order valence-electron chi connectivity index (χ3n) is 3.14. The first-order valence-corrected chi connectivity index (χ1v) is 7.42. The van der Waals surface area contributed by atoms with Gasteiger partial charge in [0.2, 0.25) is 0 Å². The first-order valence-electron chi connectivity index (χ1n) is 7.04. The fourth-order valence-electron chi connectivity index (χ4n) is 2.12. The lowest BCUT2D eigenvalue weighted by Gasteiger charge is -2.21. The molecule has 0 bridgehead atoms. The molecule has 0 saturated heterocycles. The van der Waals surface area contributed by atoms with E-state index in [4.69, 9.17) is 11.6 Å². The van der Waals surface area contributed by atoms with E-state index in [9.17, 15) is 0 Å². The van der Waals surface area contributed by atoms with Crippen LogP contribution < -0.4 is 5.32 Å². The molecule has 0 spiro atoms. The van der Waals surface area contributed by atoms with Crippen molar-refractivity contribution in [3.05, 3.63) is 16.9 Å². The van der Waals surface area contributed by atoms with Crippen LogP contribution in [0.25, 0.3) is 0 Å². The van der Waals surface area contributed by atoms with Crippen molar-refractivity contribution >= 4 is 11.6 Å². The number of hydrogen-bond acceptors (Lipinski definition) is 2. The lowest BCUT2D eigenvalue weighted by molar-refractivity contribution is 0.415. The Morgan fingerprint density at radius 1 is 1.33 bits per heavy atom. The quantitative estimate of drug-likeness (QED) is 0.774. The molecule has 0 aliphatic rings. The van der Waals surface area contributed by atoms with Crippen LogP contribution in [0.1, 0.15) is 58.7 Å². The summed E-state index contributed by atoms with van der Waals surface area (Å²) >= 11 is 6.29. The van der Waals surface area contributed by atoms with Crippen LogP contribution in [0.15, 0.2) is 6.20 Å². The van der Waals surface area contributed by atoms with Crippen molar-refractivity contribution in [2.24, 2.45) is 5.92 Å². The molecule has 18 heavy (non-hydrogen) atoms. The smallest absolute Gasteiger partial charge is 0.0834 e. The fraction of sp³-hybridized carbons (Fsp3) is 0.786. The summed E-state index contributed by atoms with van der Waals surface area (Å²) in [7, 11) is 0. The van der Waals surface area contributed by atoms with Crippen molar-refractivity contribution in [1.29, 1.82) is 0 Å². The van der Waals surface area contributed by atoms with Gasteiger partial charge in [-0.1, -0.05) is 32.4 Å². The largest absolute Gasteiger partial charge is 0.309 e. The van der Waals surface area contributed by atoms with Gasteiger partial charge < -0.3 is 5.32 Å². The predicted octanol–water partition coefficient (Wildman–Crippen LogP) is 4.03. The molecule has 0 amide bonds.